The number of aliphatic hydroxyl groups excluding tert-OH is 1. The maximum atomic E-state index is 14.2. The summed E-state index contributed by atoms with van der Waals surface area (Å²) < 4.78 is 14.2. The fourth-order valence-electron chi connectivity index (χ4n) is 3.18. The first kappa shape index (κ1) is 14.2. The zero-order valence-corrected chi connectivity index (χ0v) is 11.9. The van der Waals surface area contributed by atoms with E-state index < -0.39 is 6.10 Å². The van der Waals surface area contributed by atoms with Crippen molar-refractivity contribution in [3.05, 3.63) is 71.5 Å². The first-order valence-corrected chi connectivity index (χ1v) is 7.48. The number of rotatable bonds is 4. The summed E-state index contributed by atoms with van der Waals surface area (Å²) in [6, 6.07) is 16.5. The Morgan fingerprint density at radius 1 is 1.05 bits per heavy atom. The minimum Gasteiger partial charge on any atom is -0.391 e. The van der Waals surface area contributed by atoms with Gasteiger partial charge in [0.2, 0.25) is 0 Å². The molecule has 3 heteroatoms. The molecule has 1 heterocycles. The highest BCUT2D eigenvalue weighted by atomic mass is 19.1. The van der Waals surface area contributed by atoms with Crippen LogP contribution < -0.4 is 5.32 Å². The highest BCUT2D eigenvalue weighted by molar-refractivity contribution is 5.35. The number of hydrogen-bond donors (Lipinski definition) is 2. The minimum absolute atomic E-state index is 0.0230. The molecular weight excluding hydrogens is 265 g/mol. The van der Waals surface area contributed by atoms with Crippen LogP contribution in [-0.4, -0.2) is 23.8 Å². The Balaban J connectivity index is 2.00. The molecule has 0 aliphatic carbocycles. The smallest absolute Gasteiger partial charge is 0.127 e. The lowest BCUT2D eigenvalue weighted by Crippen LogP contribution is -2.39. The molecule has 2 N–H and O–H groups in total. The number of hydrogen-bond acceptors (Lipinski definition) is 2. The number of benzene rings is 2. The van der Waals surface area contributed by atoms with Gasteiger partial charge in [0.15, 0.2) is 0 Å². The van der Waals surface area contributed by atoms with Gasteiger partial charge in [0.1, 0.15) is 5.82 Å². The van der Waals surface area contributed by atoms with E-state index in [1.165, 1.54) is 6.07 Å². The molecule has 1 aliphatic heterocycles. The van der Waals surface area contributed by atoms with Crippen LogP contribution in [-0.2, 0) is 0 Å². The molecule has 3 atom stereocenters. The molecule has 2 nitrogen and oxygen atoms in total. The van der Waals surface area contributed by atoms with Gasteiger partial charge in [-0.05, 0) is 36.6 Å². The van der Waals surface area contributed by atoms with Crippen LogP contribution in [0.5, 0.6) is 0 Å². The SMILES string of the molecule is OC(C(c1ccccc1)c1ccccc1F)[C@H]1CCCN1. The fraction of sp³-hybridized carbons (Fsp3) is 0.333. The van der Waals surface area contributed by atoms with Gasteiger partial charge in [-0.2, -0.15) is 0 Å². The lowest BCUT2D eigenvalue weighted by Gasteiger charge is -2.28. The first-order valence-electron chi connectivity index (χ1n) is 7.48. The molecule has 0 aromatic heterocycles. The number of halogens is 1. The van der Waals surface area contributed by atoms with Crippen molar-refractivity contribution in [2.45, 2.75) is 30.9 Å². The van der Waals surface area contributed by atoms with Gasteiger partial charge in [-0.15, -0.1) is 0 Å². The van der Waals surface area contributed by atoms with E-state index >= 15 is 0 Å². The number of aliphatic hydroxyl groups is 1. The largest absolute Gasteiger partial charge is 0.391 e. The molecule has 0 spiro atoms. The molecule has 0 bridgehead atoms. The summed E-state index contributed by atoms with van der Waals surface area (Å²) in [4.78, 5) is 0. The summed E-state index contributed by atoms with van der Waals surface area (Å²) in [5.74, 6) is -0.605. The Hall–Kier alpha value is -1.71. The average molecular weight is 285 g/mol. The molecule has 0 amide bonds. The van der Waals surface area contributed by atoms with Crippen molar-refractivity contribution in [3.8, 4) is 0 Å². The Bertz CT molecular complexity index is 581. The van der Waals surface area contributed by atoms with E-state index in [9.17, 15) is 9.50 Å². The van der Waals surface area contributed by atoms with Crippen molar-refractivity contribution < 1.29 is 9.50 Å². The topological polar surface area (TPSA) is 32.3 Å². The molecule has 0 radical (unpaired) electrons. The van der Waals surface area contributed by atoms with E-state index in [0.29, 0.717) is 5.56 Å². The summed E-state index contributed by atoms with van der Waals surface area (Å²) in [5.41, 5.74) is 1.51. The molecule has 3 rings (SSSR count). The first-order chi connectivity index (χ1) is 10.3. The van der Waals surface area contributed by atoms with E-state index in [2.05, 4.69) is 5.32 Å². The van der Waals surface area contributed by atoms with E-state index in [4.69, 9.17) is 0 Å². The van der Waals surface area contributed by atoms with Crippen molar-refractivity contribution in [2.24, 2.45) is 0 Å². The number of nitrogens with one attached hydrogen (secondary N) is 1. The van der Waals surface area contributed by atoms with Crippen LogP contribution in [0, 0.1) is 5.82 Å². The highest BCUT2D eigenvalue weighted by Gasteiger charge is 2.33. The molecule has 2 aromatic carbocycles. The lowest BCUT2D eigenvalue weighted by atomic mass is 9.83. The standard InChI is InChI=1S/C18H20FNO/c19-15-10-5-4-9-14(15)17(13-7-2-1-3-8-13)18(21)16-11-6-12-20-16/h1-5,7-10,16-18,20-21H,6,11-12H2/t16-,17?,18?/m1/s1. The summed E-state index contributed by atoms with van der Waals surface area (Å²) in [5, 5.41) is 14.1. The third kappa shape index (κ3) is 2.99. The van der Waals surface area contributed by atoms with Gasteiger partial charge in [-0.25, -0.2) is 4.39 Å². The molecule has 0 saturated carbocycles. The van der Waals surface area contributed by atoms with Crippen LogP contribution in [0.25, 0.3) is 0 Å². The fourth-order valence-corrected chi connectivity index (χ4v) is 3.18. The van der Waals surface area contributed by atoms with E-state index in [1.807, 2.05) is 36.4 Å². The van der Waals surface area contributed by atoms with Gasteiger partial charge in [0.05, 0.1) is 6.10 Å². The molecule has 1 aliphatic rings. The normalized spacial score (nSPS) is 21.1. The Morgan fingerprint density at radius 2 is 1.76 bits per heavy atom. The van der Waals surface area contributed by atoms with Gasteiger partial charge in [-0.3, -0.25) is 0 Å². The minimum atomic E-state index is -0.633. The lowest BCUT2D eigenvalue weighted by molar-refractivity contribution is 0.118. The van der Waals surface area contributed by atoms with Crippen molar-refractivity contribution in [1.29, 1.82) is 0 Å². The van der Waals surface area contributed by atoms with E-state index in [-0.39, 0.29) is 17.8 Å². The summed E-state index contributed by atoms with van der Waals surface area (Å²) in [6.45, 7) is 0.917. The molecular formula is C18H20FNO. The van der Waals surface area contributed by atoms with Gasteiger partial charge < -0.3 is 10.4 Å². The highest BCUT2D eigenvalue weighted by Crippen LogP contribution is 2.33. The molecule has 21 heavy (non-hydrogen) atoms. The third-order valence-corrected chi connectivity index (χ3v) is 4.25. The maximum Gasteiger partial charge on any atom is 0.127 e. The van der Waals surface area contributed by atoms with E-state index in [0.717, 1.165) is 24.9 Å². The Morgan fingerprint density at radius 3 is 2.43 bits per heavy atom. The second kappa shape index (κ2) is 6.37. The second-order valence-corrected chi connectivity index (χ2v) is 5.60. The van der Waals surface area contributed by atoms with Gasteiger partial charge in [-0.1, -0.05) is 48.5 Å². The molecule has 1 saturated heterocycles. The van der Waals surface area contributed by atoms with Crippen molar-refractivity contribution in [3.63, 3.8) is 0 Å². The molecule has 110 valence electrons. The second-order valence-electron chi connectivity index (χ2n) is 5.60. The van der Waals surface area contributed by atoms with Gasteiger partial charge in [0, 0.05) is 12.0 Å². The monoisotopic (exact) mass is 285 g/mol. The van der Waals surface area contributed by atoms with Crippen LogP contribution in [0.4, 0.5) is 4.39 Å². The zero-order chi connectivity index (χ0) is 14.7. The molecule has 1 fully saturated rings. The average Bonchev–Trinajstić information content (AvgIpc) is 3.05. The zero-order valence-electron chi connectivity index (χ0n) is 11.9. The van der Waals surface area contributed by atoms with Crippen molar-refractivity contribution in [2.75, 3.05) is 6.54 Å². The van der Waals surface area contributed by atoms with E-state index in [1.54, 1.807) is 12.1 Å². The Labute approximate surface area is 124 Å². The van der Waals surface area contributed by atoms with Crippen LogP contribution in [0.3, 0.4) is 0 Å². The molecule has 2 unspecified atom stereocenters. The molecule has 2 aromatic rings. The van der Waals surface area contributed by atoms with Gasteiger partial charge in [0.25, 0.3) is 0 Å². The third-order valence-electron chi connectivity index (χ3n) is 4.25. The predicted molar refractivity (Wildman–Crippen MR) is 81.7 cm³/mol. The summed E-state index contributed by atoms with van der Waals surface area (Å²) in [7, 11) is 0. The van der Waals surface area contributed by atoms with Crippen molar-refractivity contribution in [1.82, 2.24) is 5.32 Å². The Kier molecular flexibility index (Phi) is 4.32. The van der Waals surface area contributed by atoms with Crippen LogP contribution in [0.1, 0.15) is 29.9 Å². The quantitative estimate of drug-likeness (QED) is 0.905. The van der Waals surface area contributed by atoms with Crippen LogP contribution >= 0.6 is 0 Å². The van der Waals surface area contributed by atoms with Crippen molar-refractivity contribution >= 4 is 0 Å². The van der Waals surface area contributed by atoms with Gasteiger partial charge >= 0.3 is 0 Å². The van der Waals surface area contributed by atoms with Crippen LogP contribution in [0.2, 0.25) is 0 Å². The maximum absolute atomic E-state index is 14.2. The summed E-state index contributed by atoms with van der Waals surface area (Å²) in [6.07, 6.45) is 1.35. The predicted octanol–water partition coefficient (Wildman–Crippen LogP) is 3.07. The van der Waals surface area contributed by atoms with Crippen LogP contribution in [0.15, 0.2) is 54.6 Å². The summed E-state index contributed by atoms with van der Waals surface area (Å²) >= 11 is 0.